The highest BCUT2D eigenvalue weighted by atomic mass is 31.3. The van der Waals surface area contributed by atoms with Crippen LogP contribution in [-0.2, 0) is 126 Å². The molecule has 4 aliphatic heterocycles. The molecule has 0 spiro atoms. The summed E-state index contributed by atoms with van der Waals surface area (Å²) in [6.45, 7) is 6.05. The summed E-state index contributed by atoms with van der Waals surface area (Å²) in [4.78, 5) is 244. The number of H-pyrrole nitrogens is 4. The third-order valence-corrected chi connectivity index (χ3v) is 31.6. The van der Waals surface area contributed by atoms with Gasteiger partial charge in [0.1, 0.15) is 61.2 Å². The lowest BCUT2D eigenvalue weighted by Crippen LogP contribution is -2.46. The van der Waals surface area contributed by atoms with Crippen LogP contribution in [0.3, 0.4) is 0 Å². The van der Waals surface area contributed by atoms with Gasteiger partial charge in [-0.1, -0.05) is 23.7 Å². The topological polar surface area (TPSA) is 1000 Å². The number of aryl methyl sites for hydroxylation is 2. The van der Waals surface area contributed by atoms with Gasteiger partial charge >= 0.3 is 117 Å². The Labute approximate surface area is 713 Å². The van der Waals surface area contributed by atoms with Crippen LogP contribution in [0.4, 0.5) is 17.6 Å². The monoisotopic (exact) mass is 2130 g/mol. The number of ether oxygens (including phenoxy) is 4. The Kier molecular flexibility index (Phi) is 36.4. The minimum atomic E-state index is -5.84. The second kappa shape index (κ2) is 41.4. The molecule has 4 aliphatic rings. The van der Waals surface area contributed by atoms with Gasteiger partial charge in [0.05, 0.1) is 24.4 Å². The van der Waals surface area contributed by atoms with E-state index in [1.54, 1.807) is 33.6 Å². The minimum absolute atomic E-state index is 0.126. The molecule has 0 aromatic carbocycles. The van der Waals surface area contributed by atoms with Crippen molar-refractivity contribution in [3.05, 3.63) is 119 Å². The number of aliphatic hydroxyl groups excluding tert-OH is 4. The van der Waals surface area contributed by atoms with Gasteiger partial charge in [-0.3, -0.25) is 66.3 Å². The Balaban J connectivity index is 0.000000307. The van der Waals surface area contributed by atoms with Crippen LogP contribution >= 0.6 is 93.9 Å². The number of nitrogens with zero attached hydrogens (tertiary/aromatic N) is 6. The van der Waals surface area contributed by atoms with Crippen LogP contribution in [0.5, 0.6) is 0 Å². The number of rotatable bonds is 32. The van der Waals surface area contributed by atoms with Crippen molar-refractivity contribution in [3.63, 3.8) is 0 Å². The molecular formula is C48H66F4N10O56P12. The molecule has 66 nitrogen and oxygen atoms in total. The fourth-order valence-electron chi connectivity index (χ4n) is 11.1. The molecule has 0 aliphatic carbocycles. The number of aromatic amines is 4. The van der Waals surface area contributed by atoms with Gasteiger partial charge in [0, 0.05) is 23.5 Å². The first kappa shape index (κ1) is 114. The molecule has 0 bridgehead atoms. The zero-order chi connectivity index (χ0) is 101. The summed E-state index contributed by atoms with van der Waals surface area (Å²) in [5, 5.41) is 48.0. The van der Waals surface area contributed by atoms with Crippen molar-refractivity contribution < 1.29 is 243 Å². The van der Waals surface area contributed by atoms with E-state index in [9.17, 15) is 143 Å². The van der Waals surface area contributed by atoms with Gasteiger partial charge in [-0.2, -0.15) is 54.0 Å². The standard InChI is InChI=1S/2C13H18FN2O14P3.2C11H15FN3O14P3/c2*1-4-13(14)10(18)9(27-11(13)16-6(2)5-8(17)15-12(16)19)7(3)28-32(23,24)30-33(25,26)29-31(20,21)22;2*1-3-11(12)8(17)7(26-9(11)15-10(18)14-6(16)4-13-15)5(2)27-31(22,23)29-32(24,25)28-30(19,20)21/h2*1,5,7,9-11,18H,2-3H3,(H,23,24)(H,25,26)(H,15,17,19)(H2,20,21,22);2*1,4-5,7-9,17H,2H3,(H,22,23)(H,24,25)(H,14,16,18)(H2,19,20,21)/t7-,9+,10-,11+,13?;7-,9-,10+,11-,13?;5-,7+,8-,9+,11?;5-,7-,8+,9-,11?/m0101/s1. The molecule has 4 saturated heterocycles. The lowest BCUT2D eigenvalue weighted by molar-refractivity contribution is -0.0829. The molecule has 8 rings (SSSR count). The first-order chi connectivity index (χ1) is 58.4. The predicted octanol–water partition coefficient (Wildman–Crippen LogP) is -5.12. The van der Waals surface area contributed by atoms with Crippen molar-refractivity contribution in [2.45, 2.75) is 162 Å². The molecule has 0 amide bonds. The van der Waals surface area contributed by atoms with Crippen LogP contribution in [0, 0.1) is 63.2 Å². The number of nitrogens with one attached hydrogen (secondary N) is 4. The van der Waals surface area contributed by atoms with Gasteiger partial charge in [-0.05, 0) is 41.5 Å². The van der Waals surface area contributed by atoms with Crippen molar-refractivity contribution in [2.24, 2.45) is 0 Å². The summed E-state index contributed by atoms with van der Waals surface area (Å²) >= 11 is 0. The lowest BCUT2D eigenvalue weighted by Gasteiger charge is -2.25. The minimum Gasteiger partial charge on any atom is -0.386 e. The summed E-state index contributed by atoms with van der Waals surface area (Å²) in [5.41, 5.74) is -21.3. The molecule has 4 fully saturated rings. The molecule has 4 aromatic rings. The third kappa shape index (κ3) is 29.9. The lowest BCUT2D eigenvalue weighted by atomic mass is 9.95. The Bertz CT molecular complexity index is 5890. The molecule has 12 unspecified atom stereocenters. The number of aliphatic hydroxyl groups is 4. The van der Waals surface area contributed by atoms with Gasteiger partial charge in [0.25, 0.3) is 22.2 Å². The average molecular weight is 2130 g/mol. The molecule has 28 atom stereocenters. The SMILES string of the molecule is C#CC1(F)[C@@H](O)[C@@H]([C@@H](C)OP(=O)(O)OP(=O)(O)OP(=O)(O)O)O[C@H]1n1c(C)cc(=O)[nH]c1=O.C#CC1(F)[C@@H](O)[C@@H]([C@@H](C)OP(=O)(O)OP(=O)(O)OP(=O)(O)O)O[C@H]1n1ncc(=O)[nH]c1=O.C#CC1(F)[C@@H](O)[C@@H]([C@H](C)OP(=O)(O)OP(=O)(O)OP(=O)(O)O)O[C@H]1n1c(C)cc(=O)[nH]c1=O.C#CC1(F)[C@@H](O)[C@@H]([C@H](C)OP(=O)(O)OP(=O)(O)OP(=O)(O)O)O[C@H]1n1ncc(=O)[nH]c1=O. The molecule has 0 saturated carbocycles. The van der Waals surface area contributed by atoms with Crippen LogP contribution in [0.25, 0.3) is 0 Å². The van der Waals surface area contributed by atoms with E-state index in [2.05, 4.69) is 62.8 Å². The quantitative estimate of drug-likeness (QED) is 0.0124. The first-order valence-corrected chi connectivity index (χ1v) is 50.8. The van der Waals surface area contributed by atoms with E-state index in [1.807, 2.05) is 9.97 Å². The number of alkyl halides is 4. The molecule has 24 N–H and O–H groups in total. The second-order valence-corrected chi connectivity index (χ2v) is 43.0. The molecule has 82 heteroatoms. The summed E-state index contributed by atoms with van der Waals surface area (Å²) in [6, 6.07) is 1.80. The summed E-state index contributed by atoms with van der Waals surface area (Å²) in [6.07, 6.45) is -11.2. The number of halogens is 4. The first-order valence-electron chi connectivity index (χ1n) is 32.8. The van der Waals surface area contributed by atoms with E-state index in [1.165, 1.54) is 13.8 Å². The Hall–Kier alpha value is -6.14. The summed E-state index contributed by atoms with van der Waals surface area (Å²) in [7, 11) is -68.6. The zero-order valence-corrected chi connectivity index (χ0v) is 74.8. The molecular weight excluding hydrogens is 2060 g/mol. The van der Waals surface area contributed by atoms with Crippen molar-refractivity contribution in [3.8, 4) is 49.4 Å². The van der Waals surface area contributed by atoms with Crippen LogP contribution in [0.2, 0.25) is 0 Å². The van der Waals surface area contributed by atoms with E-state index >= 15 is 17.6 Å². The predicted molar refractivity (Wildman–Crippen MR) is 398 cm³/mol. The molecule has 0 radical (unpaired) electrons. The smallest absolute Gasteiger partial charge is 0.386 e. The number of phosphoric ester groups is 4. The molecule has 732 valence electrons. The van der Waals surface area contributed by atoms with Gasteiger partial charge in [0.2, 0.25) is 35.1 Å². The van der Waals surface area contributed by atoms with Crippen LogP contribution in [0.15, 0.2) is 62.9 Å². The largest absolute Gasteiger partial charge is 0.490 e. The van der Waals surface area contributed by atoms with Crippen molar-refractivity contribution >= 4 is 93.9 Å². The molecule has 130 heavy (non-hydrogen) atoms. The zero-order valence-electron chi connectivity index (χ0n) is 64.1. The van der Waals surface area contributed by atoms with Gasteiger partial charge in [0.15, 0.2) is 12.5 Å². The van der Waals surface area contributed by atoms with Crippen LogP contribution in [0.1, 0.15) is 64.0 Å². The summed E-state index contributed by atoms with van der Waals surface area (Å²) in [5.74, 6) is 6.33. The van der Waals surface area contributed by atoms with Crippen molar-refractivity contribution in [1.82, 2.24) is 48.6 Å². The van der Waals surface area contributed by atoms with Crippen molar-refractivity contribution in [2.75, 3.05) is 0 Å². The number of terminal acetylenes is 4. The maximum Gasteiger partial charge on any atom is 0.490 e. The Morgan fingerprint density at radius 2 is 0.538 bits per heavy atom. The number of hydrogen-bond donors (Lipinski definition) is 24. The van der Waals surface area contributed by atoms with E-state index in [0.29, 0.717) is 21.5 Å². The van der Waals surface area contributed by atoms with Crippen LogP contribution < -0.4 is 45.0 Å². The van der Waals surface area contributed by atoms with Gasteiger partial charge < -0.3 is 118 Å². The maximum absolute atomic E-state index is 15.5. The maximum atomic E-state index is 15.5. The number of phosphoric acid groups is 12. The fourth-order valence-corrected chi connectivity index (χ4v) is 23.9. The number of aromatic nitrogens is 10. The van der Waals surface area contributed by atoms with E-state index in [0.717, 1.165) is 39.8 Å². The molecule has 8 heterocycles. The van der Waals surface area contributed by atoms with Gasteiger partial charge in [-0.15, -0.1) is 25.7 Å². The van der Waals surface area contributed by atoms with Crippen molar-refractivity contribution in [1.29, 1.82) is 0 Å². The number of hydrogen-bond acceptors (Lipinski definition) is 42. The fraction of sp³-hybridized carbons (Fsp3) is 0.542. The van der Waals surface area contributed by atoms with E-state index < -0.39 is 260 Å². The summed E-state index contributed by atoms with van der Waals surface area (Å²) < 4.78 is 266. The second-order valence-electron chi connectivity index (χ2n) is 25.5. The van der Waals surface area contributed by atoms with E-state index in [-0.39, 0.29) is 20.8 Å². The van der Waals surface area contributed by atoms with Crippen LogP contribution in [-0.4, -0.2) is 243 Å². The highest BCUT2D eigenvalue weighted by Crippen LogP contribution is 2.71. The highest BCUT2D eigenvalue weighted by Gasteiger charge is 2.65. The third-order valence-electron chi connectivity index (χ3n) is 15.9. The highest BCUT2D eigenvalue weighted by molar-refractivity contribution is 7.68. The normalized spacial score (nSPS) is 30.5. The van der Waals surface area contributed by atoms with Gasteiger partial charge in [-0.25, -0.2) is 91.5 Å². The average Bonchev–Trinajstić information content (AvgIpc) is 1.59. The molecule has 4 aromatic heterocycles. The van der Waals surface area contributed by atoms with E-state index in [4.69, 9.17) is 93.6 Å². The Morgan fingerprint density at radius 3 is 0.723 bits per heavy atom. The Morgan fingerprint density at radius 1 is 0.346 bits per heavy atom.